The van der Waals surface area contributed by atoms with E-state index in [1.165, 1.54) is 21.0 Å². The molecule has 1 heterocycles. The van der Waals surface area contributed by atoms with Crippen molar-refractivity contribution in [2.24, 2.45) is 11.8 Å². The Hall–Kier alpha value is -4.09. The van der Waals surface area contributed by atoms with Crippen LogP contribution in [0.5, 0.6) is 11.5 Å². The van der Waals surface area contributed by atoms with Gasteiger partial charge in [0.15, 0.2) is 6.10 Å². The van der Waals surface area contributed by atoms with Crippen LogP contribution in [0, 0.1) is 18.8 Å². The molecule has 2 rings (SSSR count). The van der Waals surface area contributed by atoms with E-state index in [0.29, 0.717) is 36.3 Å². The SMILES string of the molecule is COc1c(C)c2c(c(O)c1C/C=C(\C)CCC(=O)OCC(C)CCCCCCCC(C)CC(=O)OC(COC(C)=O)COC(C)=O)C(=O)OC2. The molecule has 0 spiro atoms. The standard InChI is InChI=1S/C38H56O12/c1-24(15-17-31-36(43)35-32(23-49-38(35)44)27(4)37(31)45-7)16-18-33(41)48-20-26(3)14-12-10-8-9-11-13-25(2)19-34(42)50-30(21-46-28(5)39)22-47-29(6)40/h15,25-26,30,43H,8-14,16-23H2,1-7H3/b24-15+. The first-order chi connectivity index (χ1) is 23.7. The van der Waals surface area contributed by atoms with Gasteiger partial charge in [-0.1, -0.05) is 64.0 Å². The van der Waals surface area contributed by atoms with Crippen molar-refractivity contribution in [3.8, 4) is 11.5 Å². The van der Waals surface area contributed by atoms with Crippen LogP contribution in [0.2, 0.25) is 0 Å². The molecular formula is C38H56O12. The highest BCUT2D eigenvalue weighted by Gasteiger charge is 2.32. The van der Waals surface area contributed by atoms with Gasteiger partial charge in [0.1, 0.15) is 36.9 Å². The van der Waals surface area contributed by atoms with Crippen molar-refractivity contribution in [2.45, 2.75) is 125 Å². The van der Waals surface area contributed by atoms with E-state index in [0.717, 1.165) is 56.1 Å². The Morgan fingerprint density at radius 1 is 0.840 bits per heavy atom. The monoisotopic (exact) mass is 704 g/mol. The van der Waals surface area contributed by atoms with Crippen LogP contribution < -0.4 is 4.74 Å². The topological polar surface area (TPSA) is 161 Å². The molecule has 0 amide bonds. The van der Waals surface area contributed by atoms with E-state index in [1.54, 1.807) is 0 Å². The second-order valence-corrected chi connectivity index (χ2v) is 13.3. The number of cyclic esters (lactones) is 1. The smallest absolute Gasteiger partial charge is 0.342 e. The number of phenolic OH excluding ortho intramolecular Hbond substituents is 1. The number of aromatic hydroxyl groups is 1. The van der Waals surface area contributed by atoms with Gasteiger partial charge in [0.05, 0.1) is 13.7 Å². The molecule has 12 nitrogen and oxygen atoms in total. The lowest BCUT2D eigenvalue weighted by Gasteiger charge is -2.18. The van der Waals surface area contributed by atoms with Crippen molar-refractivity contribution >= 4 is 29.8 Å². The maximum atomic E-state index is 12.4. The third-order valence-electron chi connectivity index (χ3n) is 8.71. The molecule has 1 aromatic rings. The quantitative estimate of drug-likeness (QED) is 0.0562. The van der Waals surface area contributed by atoms with Crippen molar-refractivity contribution in [3.63, 3.8) is 0 Å². The number of benzene rings is 1. The predicted molar refractivity (Wildman–Crippen MR) is 185 cm³/mol. The van der Waals surface area contributed by atoms with E-state index in [1.807, 2.05) is 26.8 Å². The summed E-state index contributed by atoms with van der Waals surface area (Å²) in [7, 11) is 1.53. The molecule has 1 aromatic carbocycles. The zero-order chi connectivity index (χ0) is 37.2. The number of methoxy groups -OCH3 is 1. The van der Waals surface area contributed by atoms with Gasteiger partial charge in [0, 0.05) is 37.8 Å². The van der Waals surface area contributed by atoms with Crippen molar-refractivity contribution in [3.05, 3.63) is 33.9 Å². The third-order valence-corrected chi connectivity index (χ3v) is 8.71. The number of phenols is 1. The number of rotatable bonds is 23. The second kappa shape index (κ2) is 21.9. The Kier molecular flexibility index (Phi) is 18.4. The number of esters is 5. The molecule has 0 aromatic heterocycles. The first-order valence-electron chi connectivity index (χ1n) is 17.6. The van der Waals surface area contributed by atoms with Gasteiger partial charge in [-0.05, 0) is 50.5 Å². The highest BCUT2D eigenvalue weighted by molar-refractivity contribution is 5.98. The first-order valence-corrected chi connectivity index (χ1v) is 17.6. The van der Waals surface area contributed by atoms with E-state index in [9.17, 15) is 29.1 Å². The van der Waals surface area contributed by atoms with Crippen LogP contribution in [-0.2, 0) is 55.9 Å². The fourth-order valence-electron chi connectivity index (χ4n) is 5.77. The fourth-order valence-corrected chi connectivity index (χ4v) is 5.77. The Labute approximate surface area is 296 Å². The van der Waals surface area contributed by atoms with Crippen molar-refractivity contribution in [1.29, 1.82) is 0 Å². The van der Waals surface area contributed by atoms with Crippen LogP contribution in [0.4, 0.5) is 0 Å². The van der Waals surface area contributed by atoms with E-state index in [2.05, 4.69) is 6.92 Å². The van der Waals surface area contributed by atoms with E-state index >= 15 is 0 Å². The van der Waals surface area contributed by atoms with Crippen LogP contribution in [0.25, 0.3) is 0 Å². The van der Waals surface area contributed by atoms with Crippen LogP contribution in [0.3, 0.4) is 0 Å². The van der Waals surface area contributed by atoms with Crippen LogP contribution in [-0.4, -0.2) is 68.0 Å². The minimum absolute atomic E-state index is 0.114. The molecule has 12 heteroatoms. The number of fused-ring (bicyclic) bond motifs is 1. The van der Waals surface area contributed by atoms with Crippen molar-refractivity contribution < 1.29 is 57.5 Å². The van der Waals surface area contributed by atoms with Gasteiger partial charge in [0.2, 0.25) is 0 Å². The highest BCUT2D eigenvalue weighted by atomic mass is 16.6. The van der Waals surface area contributed by atoms with Gasteiger partial charge in [-0.15, -0.1) is 0 Å². The number of carbonyl (C=O) groups excluding carboxylic acids is 5. The Morgan fingerprint density at radius 2 is 1.44 bits per heavy atom. The number of allylic oxidation sites excluding steroid dienone is 2. The summed E-state index contributed by atoms with van der Waals surface area (Å²) in [5.41, 5.74) is 3.12. The lowest BCUT2D eigenvalue weighted by atomic mass is 9.94. The van der Waals surface area contributed by atoms with Crippen LogP contribution in [0.1, 0.15) is 126 Å². The Bertz CT molecular complexity index is 1330. The molecule has 0 fully saturated rings. The molecule has 2 unspecified atom stereocenters. The van der Waals surface area contributed by atoms with Gasteiger partial charge >= 0.3 is 29.8 Å². The van der Waals surface area contributed by atoms with E-state index < -0.39 is 30.0 Å². The summed E-state index contributed by atoms with van der Waals surface area (Å²) < 4.78 is 31.3. The van der Waals surface area contributed by atoms with Crippen molar-refractivity contribution in [1.82, 2.24) is 0 Å². The summed E-state index contributed by atoms with van der Waals surface area (Å²) in [6.45, 7) is 10.5. The minimum Gasteiger partial charge on any atom is -0.507 e. The molecule has 0 bridgehead atoms. The Balaban J connectivity index is 1.59. The molecule has 0 aliphatic carbocycles. The molecule has 1 N–H and O–H groups in total. The van der Waals surface area contributed by atoms with E-state index in [-0.39, 0.29) is 61.8 Å². The molecule has 280 valence electrons. The molecule has 1 aliphatic heterocycles. The summed E-state index contributed by atoms with van der Waals surface area (Å²) in [6, 6.07) is 0. The zero-order valence-corrected chi connectivity index (χ0v) is 30.9. The number of hydrogen-bond donors (Lipinski definition) is 1. The molecular weight excluding hydrogens is 648 g/mol. The van der Waals surface area contributed by atoms with Gasteiger partial charge in [-0.3, -0.25) is 19.2 Å². The summed E-state index contributed by atoms with van der Waals surface area (Å²) in [4.78, 5) is 59.0. The number of unbranched alkanes of at least 4 members (excludes halogenated alkanes) is 4. The lowest BCUT2D eigenvalue weighted by Crippen LogP contribution is -2.30. The van der Waals surface area contributed by atoms with Gasteiger partial charge in [-0.2, -0.15) is 0 Å². The zero-order valence-electron chi connectivity index (χ0n) is 30.9. The summed E-state index contributed by atoms with van der Waals surface area (Å²) in [5.74, 6) is -1.40. The summed E-state index contributed by atoms with van der Waals surface area (Å²) in [6.07, 6.45) is 9.58. The predicted octanol–water partition coefficient (Wildman–Crippen LogP) is 6.62. The van der Waals surface area contributed by atoms with Crippen LogP contribution >= 0.6 is 0 Å². The average Bonchev–Trinajstić information content (AvgIpc) is 3.45. The molecule has 50 heavy (non-hydrogen) atoms. The number of hydrogen-bond acceptors (Lipinski definition) is 12. The van der Waals surface area contributed by atoms with Gasteiger partial charge in [0.25, 0.3) is 0 Å². The van der Waals surface area contributed by atoms with Gasteiger partial charge in [-0.25, -0.2) is 4.79 Å². The number of ether oxygens (including phenoxy) is 6. The molecule has 2 atom stereocenters. The molecule has 0 saturated heterocycles. The summed E-state index contributed by atoms with van der Waals surface area (Å²) >= 11 is 0. The molecule has 1 aliphatic rings. The Morgan fingerprint density at radius 3 is 2.04 bits per heavy atom. The minimum atomic E-state index is -0.829. The summed E-state index contributed by atoms with van der Waals surface area (Å²) in [5, 5.41) is 10.8. The normalized spacial score (nSPS) is 13.7. The highest BCUT2D eigenvalue weighted by Crippen LogP contribution is 2.42. The van der Waals surface area contributed by atoms with E-state index in [4.69, 9.17) is 28.4 Å². The fraction of sp³-hybridized carbons (Fsp3) is 0.658. The number of carbonyl (C=O) groups is 5. The van der Waals surface area contributed by atoms with Crippen molar-refractivity contribution in [2.75, 3.05) is 26.9 Å². The maximum Gasteiger partial charge on any atom is 0.342 e. The van der Waals surface area contributed by atoms with Gasteiger partial charge < -0.3 is 33.5 Å². The van der Waals surface area contributed by atoms with Crippen LogP contribution in [0.15, 0.2) is 11.6 Å². The second-order valence-electron chi connectivity index (χ2n) is 13.3. The lowest BCUT2D eigenvalue weighted by molar-refractivity contribution is -0.166. The third kappa shape index (κ3) is 14.8. The maximum absolute atomic E-state index is 12.4. The largest absolute Gasteiger partial charge is 0.507 e. The molecule has 0 saturated carbocycles. The first kappa shape index (κ1) is 42.1. The molecule has 0 radical (unpaired) electrons. The average molecular weight is 705 g/mol.